The zero-order valence-electron chi connectivity index (χ0n) is 36.3. The maximum atomic E-state index is 14.7. The molecule has 3 heterocycles. The molecule has 0 saturated carbocycles. The number of phenols is 1. The van der Waals surface area contributed by atoms with Crippen LogP contribution in [0.4, 0.5) is 5.69 Å². The summed E-state index contributed by atoms with van der Waals surface area (Å²) in [6, 6.07) is 5.58. The number of aromatic hydroxyl groups is 1. The second kappa shape index (κ2) is 18.4. The molecule has 6 rings (SSSR count). The van der Waals surface area contributed by atoms with E-state index in [9.17, 15) is 34.5 Å². The van der Waals surface area contributed by atoms with E-state index in [2.05, 4.69) is 5.32 Å². The van der Waals surface area contributed by atoms with E-state index in [4.69, 9.17) is 23.9 Å². The van der Waals surface area contributed by atoms with Crippen molar-refractivity contribution in [1.29, 1.82) is 0 Å². The number of allylic oxidation sites excluding steroid dienone is 2. The molecule has 0 radical (unpaired) electrons. The van der Waals surface area contributed by atoms with E-state index in [1.807, 2.05) is 25.1 Å². The average Bonchev–Trinajstić information content (AvgIpc) is 3.19. The number of aliphatic hydroxyl groups excluding tert-OH is 2. The molecule has 0 saturated heterocycles. The molecule has 2 aromatic rings. The normalized spacial score (nSPS) is 28.0. The Morgan fingerprint density at radius 3 is 2.25 bits per heavy atom. The van der Waals surface area contributed by atoms with Gasteiger partial charge in [-0.05, 0) is 51.5 Å². The van der Waals surface area contributed by atoms with Crippen molar-refractivity contribution in [2.75, 3.05) is 12.4 Å². The summed E-state index contributed by atoms with van der Waals surface area (Å²) in [7, 11) is 3.21. The van der Waals surface area contributed by atoms with Crippen LogP contribution in [0.3, 0.4) is 0 Å². The quantitative estimate of drug-likeness (QED) is 0.0746. The van der Waals surface area contributed by atoms with Gasteiger partial charge in [-0.15, -0.1) is 0 Å². The molecular formula is C46H57N3O11. The summed E-state index contributed by atoms with van der Waals surface area (Å²) >= 11 is 0. The van der Waals surface area contributed by atoms with Gasteiger partial charge >= 0.3 is 5.97 Å². The Hall–Kier alpha value is -5.57. The smallest absolute Gasteiger partial charge is 0.302 e. The molecule has 2 aromatic carbocycles. The lowest BCUT2D eigenvalue weighted by molar-refractivity contribution is -0.160. The molecule has 9 atom stereocenters. The number of amides is 1. The highest BCUT2D eigenvalue weighted by Crippen LogP contribution is 2.46. The zero-order chi connectivity index (χ0) is 44.5. The van der Waals surface area contributed by atoms with Crippen molar-refractivity contribution in [1.82, 2.24) is 9.55 Å². The number of hydrogen-bond acceptors (Lipinski definition) is 12. The molecule has 4 bridgehead atoms. The van der Waals surface area contributed by atoms with Crippen LogP contribution in [-0.4, -0.2) is 80.3 Å². The van der Waals surface area contributed by atoms with Gasteiger partial charge in [0.05, 0.1) is 57.9 Å². The molecule has 0 aromatic heterocycles. The van der Waals surface area contributed by atoms with Crippen molar-refractivity contribution in [2.45, 2.75) is 99.9 Å². The average molecular weight is 828 g/mol. The summed E-state index contributed by atoms with van der Waals surface area (Å²) in [5.41, 5.74) is 1.85. The lowest BCUT2D eigenvalue weighted by Gasteiger charge is -2.38. The molecule has 14 heteroatoms. The lowest BCUT2D eigenvalue weighted by Crippen LogP contribution is -2.46. The largest absolute Gasteiger partial charge is 0.507 e. The fraction of sp³-hybridized carbons (Fsp3) is 0.457. The molecule has 0 fully saturated rings. The van der Waals surface area contributed by atoms with Gasteiger partial charge in [-0.1, -0.05) is 52.0 Å². The van der Waals surface area contributed by atoms with Crippen molar-refractivity contribution < 1.29 is 48.7 Å². The van der Waals surface area contributed by atoms with Gasteiger partial charge in [-0.3, -0.25) is 19.2 Å². The van der Waals surface area contributed by atoms with E-state index in [1.54, 1.807) is 71.4 Å². The SMILES string of the molecule is CO[C@H]1/C=C/O[C@@H](C)Oc2c(C)c(O)c3c(=O)c(c4n(C)c5cc(C)ccc5nc-4c3c2C(C)=O)NC(=O)/C(C)=C\C=C\[C@H](C)[C@H](O)[C@@H](C)[C@@H](O)[C@@H](C)[C@H](OC(C)=O)[C@@H]1C. The van der Waals surface area contributed by atoms with E-state index in [0.29, 0.717) is 11.0 Å². The number of carbonyl (C=O) groups is 3. The Morgan fingerprint density at radius 2 is 1.62 bits per heavy atom. The molecule has 3 aliphatic heterocycles. The minimum Gasteiger partial charge on any atom is -0.507 e. The minimum atomic E-state index is -1.11. The van der Waals surface area contributed by atoms with E-state index in [0.717, 1.165) is 5.56 Å². The number of ketones is 1. The Labute approximate surface area is 349 Å². The number of nitrogens with zero attached hydrogens (tertiary/aromatic N) is 2. The second-order valence-electron chi connectivity index (χ2n) is 16.1. The number of phenolic OH excluding ortho intramolecular Hbond substituents is 1. The summed E-state index contributed by atoms with van der Waals surface area (Å²) in [5, 5.41) is 37.4. The minimum absolute atomic E-state index is 0.0175. The fourth-order valence-corrected chi connectivity index (χ4v) is 8.14. The summed E-state index contributed by atoms with van der Waals surface area (Å²) in [4.78, 5) is 59.7. The van der Waals surface area contributed by atoms with E-state index in [1.165, 1.54) is 40.2 Å². The number of aliphatic hydroxyl groups is 2. The van der Waals surface area contributed by atoms with Crippen LogP contribution >= 0.6 is 0 Å². The number of rotatable bonds is 3. The number of methoxy groups -OCH3 is 1. The Bertz CT molecular complexity index is 2430. The van der Waals surface area contributed by atoms with Gasteiger partial charge in [0.15, 0.2) is 5.78 Å². The first-order valence-electron chi connectivity index (χ1n) is 20.1. The first-order chi connectivity index (χ1) is 28.2. The molecule has 4 N–H and O–H groups in total. The zero-order valence-corrected chi connectivity index (χ0v) is 36.3. The number of aromatic nitrogens is 2. The van der Waals surface area contributed by atoms with Crippen LogP contribution in [0.1, 0.15) is 76.9 Å². The van der Waals surface area contributed by atoms with Gasteiger partial charge in [0, 0.05) is 68.2 Å². The third kappa shape index (κ3) is 8.81. The van der Waals surface area contributed by atoms with Gasteiger partial charge in [-0.25, -0.2) is 4.98 Å². The molecule has 322 valence electrons. The van der Waals surface area contributed by atoms with E-state index >= 15 is 0 Å². The number of aryl methyl sites for hydroxylation is 2. The fourth-order valence-electron chi connectivity index (χ4n) is 8.14. The highest BCUT2D eigenvalue weighted by Gasteiger charge is 2.39. The number of Topliss-reactive ketones (excluding diaryl/α,β-unsaturated/α-hetero) is 1. The van der Waals surface area contributed by atoms with Crippen molar-refractivity contribution >= 4 is 45.2 Å². The number of fused-ring (bicyclic) bond motifs is 17. The van der Waals surface area contributed by atoms with E-state index < -0.39 is 83.2 Å². The Kier molecular flexibility index (Phi) is 13.9. The van der Waals surface area contributed by atoms with Crippen molar-refractivity contribution in [3.8, 4) is 22.9 Å². The second-order valence-corrected chi connectivity index (χ2v) is 16.1. The molecule has 60 heavy (non-hydrogen) atoms. The van der Waals surface area contributed by atoms with Crippen molar-refractivity contribution in [2.24, 2.45) is 30.7 Å². The maximum absolute atomic E-state index is 14.7. The van der Waals surface area contributed by atoms with Crippen LogP contribution in [0.5, 0.6) is 11.5 Å². The topological polar surface area (TPSA) is 196 Å². The summed E-state index contributed by atoms with van der Waals surface area (Å²) in [5.74, 6) is -4.50. The molecule has 4 aliphatic rings. The summed E-state index contributed by atoms with van der Waals surface area (Å²) in [6.45, 7) is 16.2. The summed E-state index contributed by atoms with van der Waals surface area (Å²) in [6.07, 6.45) is 3.03. The van der Waals surface area contributed by atoms with Crippen LogP contribution in [0.15, 0.2) is 59.1 Å². The van der Waals surface area contributed by atoms with Crippen LogP contribution in [0.25, 0.3) is 33.2 Å². The predicted molar refractivity (Wildman–Crippen MR) is 229 cm³/mol. The maximum Gasteiger partial charge on any atom is 0.302 e. The lowest BCUT2D eigenvalue weighted by atomic mass is 9.78. The number of esters is 1. The number of nitrogens with one attached hydrogen (secondary N) is 1. The van der Waals surface area contributed by atoms with Crippen molar-refractivity contribution in [3.05, 3.63) is 81.3 Å². The molecule has 14 nitrogen and oxygen atoms in total. The number of carbonyl (C=O) groups excluding carboxylic acids is 3. The molecule has 1 aliphatic carbocycles. The van der Waals surface area contributed by atoms with Gasteiger partial charge in [0.1, 0.15) is 23.3 Å². The first kappa shape index (κ1) is 45.5. The molecule has 1 amide bonds. The van der Waals surface area contributed by atoms with Crippen LogP contribution < -0.4 is 15.5 Å². The monoisotopic (exact) mass is 827 g/mol. The van der Waals surface area contributed by atoms with Crippen molar-refractivity contribution in [3.63, 3.8) is 0 Å². The van der Waals surface area contributed by atoms with Gasteiger partial charge in [-0.2, -0.15) is 0 Å². The van der Waals surface area contributed by atoms with Crippen LogP contribution in [-0.2, 0) is 30.8 Å². The third-order valence-corrected chi connectivity index (χ3v) is 11.7. The van der Waals surface area contributed by atoms with Gasteiger partial charge < -0.3 is 44.2 Å². The standard InChI is InChI=1S/C46H57N3O11/c1-21-16-17-31-32(20-21)49(11)39-37(47-31)35-34(28(8)50)45-27(7)42(54)36(35)43(55)38(39)48-46(56)23(3)15-13-14-22(2)40(52)25(5)41(53)26(6)44(59-29(9)51)24(4)33(57-12)18-19-58-30(10)60-45/h13-20,22,24-26,30,33,40-41,44,52-54H,1-12H3,(H,48,56)/b14-13+,19-18+,23-15-/t22-,24+,25+,26+,30+,33-,40-,41+,44+/m0/s1. The van der Waals surface area contributed by atoms with Gasteiger partial charge in [0.2, 0.25) is 11.7 Å². The highest BCUT2D eigenvalue weighted by atomic mass is 16.7. The van der Waals surface area contributed by atoms with Crippen LogP contribution in [0.2, 0.25) is 0 Å². The third-order valence-electron chi connectivity index (χ3n) is 11.7. The summed E-state index contributed by atoms with van der Waals surface area (Å²) < 4.78 is 25.5. The number of anilines is 1. The van der Waals surface area contributed by atoms with Gasteiger partial charge in [0.25, 0.3) is 5.91 Å². The molecule has 0 unspecified atom stereocenters. The first-order valence-corrected chi connectivity index (χ1v) is 20.1. The highest BCUT2D eigenvalue weighted by molar-refractivity contribution is 6.19. The number of hydrogen-bond donors (Lipinski definition) is 4. The van der Waals surface area contributed by atoms with E-state index in [-0.39, 0.29) is 50.3 Å². The molecule has 0 spiro atoms. The Balaban J connectivity index is 1.78. The molecular weight excluding hydrogens is 771 g/mol. The Morgan fingerprint density at radius 1 is 0.933 bits per heavy atom. The number of ether oxygens (including phenoxy) is 4. The number of benzene rings is 3. The van der Waals surface area contributed by atoms with Crippen LogP contribution in [0, 0.1) is 37.5 Å². The predicted octanol–water partition coefficient (Wildman–Crippen LogP) is 6.64.